The lowest BCUT2D eigenvalue weighted by atomic mass is 10.1. The van der Waals surface area contributed by atoms with Gasteiger partial charge in [-0.2, -0.15) is 13.2 Å². The van der Waals surface area contributed by atoms with Gasteiger partial charge in [0.1, 0.15) is 11.6 Å². The first-order chi connectivity index (χ1) is 11.0. The molecule has 130 valence electrons. The van der Waals surface area contributed by atoms with Crippen molar-refractivity contribution in [3.8, 4) is 5.75 Å². The second-order valence-electron chi connectivity index (χ2n) is 4.59. The Kier molecular flexibility index (Phi) is 4.95. The highest BCUT2D eigenvalue weighted by atomic mass is 35.5. The fraction of sp³-hybridized carbons (Fsp3) is 0.143. The van der Waals surface area contributed by atoms with E-state index in [1.807, 2.05) is 4.72 Å². The molecule has 0 aromatic heterocycles. The molecule has 24 heavy (non-hydrogen) atoms. The molecular weight excluding hydrogens is 374 g/mol. The van der Waals surface area contributed by atoms with Crippen LogP contribution in [0, 0.1) is 5.82 Å². The smallest absolute Gasteiger partial charge is 0.420 e. The zero-order valence-electron chi connectivity index (χ0n) is 12.0. The summed E-state index contributed by atoms with van der Waals surface area (Å²) in [7, 11) is -3.18. The van der Waals surface area contributed by atoms with E-state index in [2.05, 4.69) is 4.74 Å². The first-order valence-electron chi connectivity index (χ1n) is 6.27. The van der Waals surface area contributed by atoms with Gasteiger partial charge in [0, 0.05) is 5.69 Å². The Labute approximate surface area is 140 Å². The SMILES string of the molecule is COc1ccc(NS(=O)(=O)c2ccc(F)c(Cl)c2)cc1C(F)(F)F. The number of nitrogens with one attached hydrogen (secondary N) is 1. The van der Waals surface area contributed by atoms with Crippen molar-refractivity contribution in [2.75, 3.05) is 11.8 Å². The zero-order valence-corrected chi connectivity index (χ0v) is 13.6. The van der Waals surface area contributed by atoms with Gasteiger partial charge in [0.25, 0.3) is 10.0 Å². The average Bonchev–Trinajstić information content (AvgIpc) is 2.48. The molecule has 10 heteroatoms. The summed E-state index contributed by atoms with van der Waals surface area (Å²) in [6.07, 6.45) is -4.73. The van der Waals surface area contributed by atoms with Crippen molar-refractivity contribution in [3.05, 3.63) is 52.8 Å². The van der Waals surface area contributed by atoms with Crippen LogP contribution in [-0.2, 0) is 16.2 Å². The molecule has 0 aliphatic heterocycles. The standard InChI is InChI=1S/C14H10ClF4NO3S/c1-23-13-5-2-8(6-10(13)14(17,18)19)20-24(21,22)9-3-4-12(16)11(15)7-9/h2-7,20H,1H3. The summed E-state index contributed by atoms with van der Waals surface area (Å²) in [5.74, 6) is -1.27. The largest absolute Gasteiger partial charge is 0.496 e. The van der Waals surface area contributed by atoms with Gasteiger partial charge in [0.15, 0.2) is 0 Å². The summed E-state index contributed by atoms with van der Waals surface area (Å²) in [5.41, 5.74) is -1.47. The van der Waals surface area contributed by atoms with E-state index in [0.29, 0.717) is 6.07 Å². The van der Waals surface area contributed by atoms with Crippen LogP contribution in [0.2, 0.25) is 5.02 Å². The average molecular weight is 384 g/mol. The van der Waals surface area contributed by atoms with Crippen molar-refractivity contribution in [1.82, 2.24) is 0 Å². The minimum atomic E-state index is -4.73. The van der Waals surface area contributed by atoms with Gasteiger partial charge in [-0.1, -0.05) is 11.6 Å². The Hall–Kier alpha value is -2.00. The highest BCUT2D eigenvalue weighted by Crippen LogP contribution is 2.38. The first kappa shape index (κ1) is 18.3. The molecule has 4 nitrogen and oxygen atoms in total. The van der Waals surface area contributed by atoms with Gasteiger partial charge in [-0.3, -0.25) is 4.72 Å². The molecule has 0 saturated heterocycles. The molecular formula is C14H10ClF4NO3S. The molecule has 0 aliphatic rings. The van der Waals surface area contributed by atoms with Crippen molar-refractivity contribution in [1.29, 1.82) is 0 Å². The third-order valence-electron chi connectivity index (χ3n) is 2.96. The molecule has 0 amide bonds. The zero-order chi connectivity index (χ0) is 18.1. The Balaban J connectivity index is 2.41. The van der Waals surface area contributed by atoms with Gasteiger partial charge in [0.2, 0.25) is 0 Å². The van der Waals surface area contributed by atoms with Gasteiger partial charge >= 0.3 is 6.18 Å². The number of hydrogen-bond acceptors (Lipinski definition) is 3. The lowest BCUT2D eigenvalue weighted by Crippen LogP contribution is -2.14. The number of halogens is 5. The van der Waals surface area contributed by atoms with E-state index in [-0.39, 0.29) is 5.69 Å². The molecule has 0 unspecified atom stereocenters. The summed E-state index contributed by atoms with van der Waals surface area (Å²) in [6.45, 7) is 0. The minimum Gasteiger partial charge on any atom is -0.496 e. The van der Waals surface area contributed by atoms with E-state index in [4.69, 9.17) is 11.6 Å². The first-order valence-corrected chi connectivity index (χ1v) is 8.14. The van der Waals surface area contributed by atoms with Crippen LogP contribution in [0.1, 0.15) is 5.56 Å². The number of ether oxygens (including phenoxy) is 1. The molecule has 0 bridgehead atoms. The minimum absolute atomic E-state index is 0.330. The van der Waals surface area contributed by atoms with Crippen LogP contribution in [0.4, 0.5) is 23.2 Å². The van der Waals surface area contributed by atoms with Crippen molar-refractivity contribution in [2.45, 2.75) is 11.1 Å². The van der Waals surface area contributed by atoms with Crippen LogP contribution >= 0.6 is 11.6 Å². The molecule has 2 aromatic rings. The fourth-order valence-electron chi connectivity index (χ4n) is 1.85. The summed E-state index contributed by atoms with van der Waals surface area (Å²) in [6, 6.07) is 5.33. The maximum absolute atomic E-state index is 13.1. The number of anilines is 1. The second-order valence-corrected chi connectivity index (χ2v) is 6.68. The molecule has 0 saturated carbocycles. The Morgan fingerprint density at radius 2 is 1.79 bits per heavy atom. The highest BCUT2D eigenvalue weighted by Gasteiger charge is 2.34. The van der Waals surface area contributed by atoms with Crippen LogP contribution in [-0.4, -0.2) is 15.5 Å². The van der Waals surface area contributed by atoms with Crippen molar-refractivity contribution in [2.24, 2.45) is 0 Å². The number of sulfonamides is 1. The molecule has 2 aromatic carbocycles. The number of benzene rings is 2. The summed E-state index contributed by atoms with van der Waals surface area (Å²) < 4.78 is 82.9. The normalized spacial score (nSPS) is 12.1. The van der Waals surface area contributed by atoms with Gasteiger partial charge in [-0.15, -0.1) is 0 Å². The van der Waals surface area contributed by atoms with E-state index >= 15 is 0 Å². The molecule has 0 fully saturated rings. The highest BCUT2D eigenvalue weighted by molar-refractivity contribution is 7.92. The molecule has 1 N–H and O–H groups in total. The van der Waals surface area contributed by atoms with Crippen molar-refractivity contribution in [3.63, 3.8) is 0 Å². The van der Waals surface area contributed by atoms with Crippen LogP contribution < -0.4 is 9.46 Å². The summed E-state index contributed by atoms with van der Waals surface area (Å²) in [5, 5.41) is -0.427. The number of methoxy groups -OCH3 is 1. The molecule has 2 rings (SSSR count). The summed E-state index contributed by atoms with van der Waals surface area (Å²) >= 11 is 5.51. The molecule has 0 heterocycles. The Morgan fingerprint density at radius 3 is 2.33 bits per heavy atom. The monoisotopic (exact) mass is 383 g/mol. The van der Waals surface area contributed by atoms with E-state index in [0.717, 1.165) is 37.4 Å². The predicted octanol–water partition coefficient (Wildman–Crippen LogP) is 4.31. The lowest BCUT2D eigenvalue weighted by Gasteiger charge is -2.14. The van der Waals surface area contributed by atoms with Gasteiger partial charge in [-0.05, 0) is 36.4 Å². The van der Waals surface area contributed by atoms with Crippen molar-refractivity contribution >= 4 is 27.3 Å². The van der Waals surface area contributed by atoms with E-state index in [1.54, 1.807) is 0 Å². The predicted molar refractivity (Wildman–Crippen MR) is 80.2 cm³/mol. The van der Waals surface area contributed by atoms with Crippen molar-refractivity contribution < 1.29 is 30.7 Å². The van der Waals surface area contributed by atoms with Crippen LogP contribution in [0.25, 0.3) is 0 Å². The second kappa shape index (κ2) is 6.48. The number of hydrogen-bond donors (Lipinski definition) is 1. The van der Waals surface area contributed by atoms with Crippen LogP contribution in [0.15, 0.2) is 41.3 Å². The number of alkyl halides is 3. The van der Waals surface area contributed by atoms with Gasteiger partial charge < -0.3 is 4.74 Å². The summed E-state index contributed by atoms with van der Waals surface area (Å²) in [4.78, 5) is -0.390. The molecule has 0 aliphatic carbocycles. The maximum atomic E-state index is 13.1. The third kappa shape index (κ3) is 3.90. The molecule has 0 radical (unpaired) electrons. The topological polar surface area (TPSA) is 55.4 Å². The maximum Gasteiger partial charge on any atom is 0.420 e. The number of rotatable bonds is 4. The molecule has 0 atom stereocenters. The van der Waals surface area contributed by atoms with Gasteiger partial charge in [-0.25, -0.2) is 12.8 Å². The Bertz CT molecular complexity index is 869. The molecule has 0 spiro atoms. The Morgan fingerprint density at radius 1 is 1.12 bits per heavy atom. The van der Waals surface area contributed by atoms with E-state index in [1.165, 1.54) is 0 Å². The fourth-order valence-corrected chi connectivity index (χ4v) is 3.17. The van der Waals surface area contributed by atoms with Crippen LogP contribution in [0.3, 0.4) is 0 Å². The van der Waals surface area contributed by atoms with Crippen LogP contribution in [0.5, 0.6) is 5.75 Å². The third-order valence-corrected chi connectivity index (χ3v) is 4.63. The van der Waals surface area contributed by atoms with Gasteiger partial charge in [0.05, 0.1) is 22.6 Å². The lowest BCUT2D eigenvalue weighted by molar-refractivity contribution is -0.138. The van der Waals surface area contributed by atoms with E-state index < -0.39 is 43.2 Å². The van der Waals surface area contributed by atoms with E-state index in [9.17, 15) is 26.0 Å². The quantitative estimate of drug-likeness (QED) is 0.800.